The first-order chi connectivity index (χ1) is 12.9. The van der Waals surface area contributed by atoms with E-state index in [1.807, 2.05) is 0 Å². The van der Waals surface area contributed by atoms with Crippen LogP contribution in [0, 0.1) is 4.64 Å². The summed E-state index contributed by atoms with van der Waals surface area (Å²) in [6, 6.07) is 0. The van der Waals surface area contributed by atoms with Gasteiger partial charge in [0, 0.05) is 0 Å². The number of hydrogen-bond acceptors (Lipinski definition) is 12. The van der Waals surface area contributed by atoms with Gasteiger partial charge in [0.2, 0.25) is 0 Å². The minimum atomic E-state index is -5.11. The van der Waals surface area contributed by atoms with Gasteiger partial charge in [0.25, 0.3) is 0 Å². The SMILES string of the molecule is Nc1nc(=S)c2ncn([C@@H]3O[C@H](COP(=O)([O-])CP(=O)([O-])O)[C@@H](O)[C@H]3O)c2[nH]1.[Na+].[Na+]. The van der Waals surface area contributed by atoms with Gasteiger partial charge in [-0.15, -0.1) is 0 Å². The number of imidazole rings is 1. The Morgan fingerprint density at radius 1 is 1.33 bits per heavy atom. The first-order valence-electron chi connectivity index (χ1n) is 7.59. The van der Waals surface area contributed by atoms with Crippen LogP contribution >= 0.6 is 27.4 Å². The van der Waals surface area contributed by atoms with E-state index in [9.17, 15) is 29.1 Å². The third-order valence-corrected chi connectivity index (χ3v) is 7.51. The van der Waals surface area contributed by atoms with Gasteiger partial charge in [-0.25, -0.2) is 9.97 Å². The number of nitrogens with two attached hydrogens (primary N) is 1. The number of nitrogens with zero attached hydrogens (tertiary/aromatic N) is 3. The zero-order valence-corrected chi connectivity index (χ0v) is 22.4. The summed E-state index contributed by atoms with van der Waals surface area (Å²) >= 11 is 5.04. The van der Waals surface area contributed by atoms with Crippen molar-refractivity contribution in [3.05, 3.63) is 11.0 Å². The summed E-state index contributed by atoms with van der Waals surface area (Å²) in [6.45, 7) is -0.790. The van der Waals surface area contributed by atoms with Crippen molar-refractivity contribution < 1.29 is 102 Å². The molecule has 0 aliphatic carbocycles. The summed E-state index contributed by atoms with van der Waals surface area (Å²) in [5.74, 6) is -1.63. The second-order valence-electron chi connectivity index (χ2n) is 6.01. The maximum atomic E-state index is 11.6. The molecular formula is C11H15N5Na2O9P2S. The van der Waals surface area contributed by atoms with E-state index in [0.29, 0.717) is 0 Å². The number of aromatic amines is 1. The first kappa shape index (κ1) is 28.8. The van der Waals surface area contributed by atoms with Crippen molar-refractivity contribution in [1.29, 1.82) is 0 Å². The molecule has 156 valence electrons. The maximum Gasteiger partial charge on any atom is 1.00 e. The third-order valence-electron chi connectivity index (χ3n) is 3.86. The fourth-order valence-electron chi connectivity index (χ4n) is 2.69. The Hall–Kier alpha value is 0.750. The van der Waals surface area contributed by atoms with Crippen molar-refractivity contribution in [1.82, 2.24) is 19.5 Å². The molecule has 0 radical (unpaired) electrons. The number of ether oxygens (including phenoxy) is 1. The molecule has 30 heavy (non-hydrogen) atoms. The molecule has 1 aliphatic heterocycles. The molecule has 14 nitrogen and oxygen atoms in total. The van der Waals surface area contributed by atoms with Crippen molar-refractivity contribution in [2.45, 2.75) is 24.5 Å². The molecule has 3 heterocycles. The summed E-state index contributed by atoms with van der Waals surface area (Å²) < 4.78 is 33.6. The van der Waals surface area contributed by atoms with E-state index in [1.54, 1.807) is 0 Å². The largest absolute Gasteiger partial charge is 1.00 e. The average Bonchev–Trinajstić information content (AvgIpc) is 3.06. The second kappa shape index (κ2) is 10.8. The molecule has 1 aliphatic rings. The Morgan fingerprint density at radius 3 is 2.57 bits per heavy atom. The number of aliphatic hydroxyl groups excluding tert-OH is 2. The van der Waals surface area contributed by atoms with Crippen molar-refractivity contribution in [2.24, 2.45) is 0 Å². The third kappa shape index (κ3) is 6.64. The molecule has 0 aromatic carbocycles. The molecule has 2 aromatic rings. The molecule has 1 saturated heterocycles. The van der Waals surface area contributed by atoms with Crippen LogP contribution in [0.25, 0.3) is 11.2 Å². The zero-order valence-electron chi connectivity index (χ0n) is 15.8. The molecule has 1 fully saturated rings. The van der Waals surface area contributed by atoms with Gasteiger partial charge >= 0.3 is 59.1 Å². The van der Waals surface area contributed by atoms with Gasteiger partial charge in [-0.3, -0.25) is 4.57 Å². The predicted octanol–water partition coefficient (Wildman–Crippen LogP) is -8.23. The van der Waals surface area contributed by atoms with E-state index in [-0.39, 0.29) is 80.9 Å². The van der Waals surface area contributed by atoms with Crippen LogP contribution in [0.1, 0.15) is 6.23 Å². The van der Waals surface area contributed by atoms with Crippen molar-refractivity contribution in [2.75, 3.05) is 18.2 Å². The summed E-state index contributed by atoms with van der Waals surface area (Å²) in [5.41, 5.74) is 6.11. The Bertz CT molecular complexity index is 1050. The molecule has 0 spiro atoms. The second-order valence-corrected chi connectivity index (χ2v) is 10.3. The number of rotatable bonds is 6. The minimum absolute atomic E-state index is 0. The maximum absolute atomic E-state index is 11.6. The van der Waals surface area contributed by atoms with Crippen molar-refractivity contribution in [3.63, 3.8) is 0 Å². The van der Waals surface area contributed by atoms with E-state index >= 15 is 0 Å². The van der Waals surface area contributed by atoms with Crippen LogP contribution in [0.15, 0.2) is 6.33 Å². The number of H-pyrrole nitrogens is 1. The van der Waals surface area contributed by atoms with Gasteiger partial charge in [0.1, 0.15) is 44.7 Å². The van der Waals surface area contributed by atoms with Crippen molar-refractivity contribution >= 4 is 44.5 Å². The number of aliphatic hydroxyl groups is 2. The van der Waals surface area contributed by atoms with E-state index < -0.39 is 52.2 Å². The Labute approximate surface area is 218 Å². The summed E-state index contributed by atoms with van der Waals surface area (Å²) in [5, 5.41) is 20.4. The fraction of sp³-hybridized carbons (Fsp3) is 0.545. The number of nitrogens with one attached hydrogen (secondary N) is 1. The van der Waals surface area contributed by atoms with Crippen molar-refractivity contribution in [3.8, 4) is 0 Å². The van der Waals surface area contributed by atoms with E-state index in [4.69, 9.17) is 27.6 Å². The van der Waals surface area contributed by atoms with Crippen LogP contribution < -0.4 is 74.6 Å². The molecule has 3 rings (SSSR count). The predicted molar refractivity (Wildman–Crippen MR) is 91.3 cm³/mol. The fourth-order valence-corrected chi connectivity index (χ4v) is 5.39. The van der Waals surface area contributed by atoms with Crippen LogP contribution in [-0.2, 0) is 18.4 Å². The number of fused-ring (bicyclic) bond motifs is 1. The van der Waals surface area contributed by atoms with Crippen LogP contribution in [0.4, 0.5) is 5.95 Å². The molecule has 19 heteroatoms. The van der Waals surface area contributed by atoms with Gasteiger partial charge in [-0.2, -0.15) is 0 Å². The zero-order chi connectivity index (χ0) is 20.9. The number of aromatic nitrogens is 4. The molecule has 2 aromatic heterocycles. The minimum Gasteiger partial charge on any atom is -0.778 e. The topological polar surface area (TPSA) is 232 Å². The van der Waals surface area contributed by atoms with E-state index in [2.05, 4.69) is 19.5 Å². The summed E-state index contributed by atoms with van der Waals surface area (Å²) in [6.07, 6.45) is -4.38. The van der Waals surface area contributed by atoms with Gasteiger partial charge in [0.15, 0.2) is 16.8 Å². The van der Waals surface area contributed by atoms with Gasteiger partial charge in [-0.1, -0.05) is 12.2 Å². The standard InChI is InChI=1S/C11H17N5O9P2S.2Na/c12-11-14-8-5(9(28)15-11)13-2-16(8)10-7(18)6(17)4(25-10)1-24-27(22,23)3-26(19,20)21;;/h2,4,6-7,10,17-18H,1,3H2,(H,22,23)(H2,19,20,21)(H3,12,14,15,28);;/q;2*+1/p-2/t4-,6-,7-,10-;;/m1../s1. The van der Waals surface area contributed by atoms with Crippen LogP contribution in [-0.4, -0.2) is 65.4 Å². The molecule has 0 saturated carbocycles. The van der Waals surface area contributed by atoms with Gasteiger partial charge < -0.3 is 54.0 Å². The normalized spacial score (nSPS) is 27.6. The number of hydrogen-bond donors (Lipinski definition) is 5. The number of anilines is 1. The van der Waals surface area contributed by atoms with E-state index in [1.165, 1.54) is 10.9 Å². The Kier molecular flexibility index (Phi) is 10.3. The summed E-state index contributed by atoms with van der Waals surface area (Å²) in [7, 11) is -10.1. The quantitative estimate of drug-likeness (QED) is 0.141. The van der Waals surface area contributed by atoms with E-state index in [0.717, 1.165) is 0 Å². The monoisotopic (exact) mass is 501 g/mol. The number of nitrogen functional groups attached to an aromatic ring is 1. The van der Waals surface area contributed by atoms with Crippen LogP contribution in [0.5, 0.6) is 0 Å². The average molecular weight is 501 g/mol. The summed E-state index contributed by atoms with van der Waals surface area (Å²) in [4.78, 5) is 41.5. The molecule has 0 bridgehead atoms. The Balaban J connectivity index is 0.00000225. The molecule has 2 unspecified atom stereocenters. The van der Waals surface area contributed by atoms with Gasteiger partial charge in [-0.05, 0) is 0 Å². The van der Waals surface area contributed by atoms with Crippen LogP contribution in [0.2, 0.25) is 0 Å². The Morgan fingerprint density at radius 2 is 1.97 bits per heavy atom. The first-order valence-corrected chi connectivity index (χ1v) is 11.5. The smallest absolute Gasteiger partial charge is 0.778 e. The molecule has 6 N–H and O–H groups in total. The van der Waals surface area contributed by atoms with Crippen LogP contribution in [0.3, 0.4) is 0 Å². The molecule has 0 amide bonds. The molecular weight excluding hydrogens is 486 g/mol. The molecule has 6 atom stereocenters. The van der Waals surface area contributed by atoms with Gasteiger partial charge in [0.05, 0.1) is 18.8 Å².